The molecule has 15 heteroatoms. The van der Waals surface area contributed by atoms with Crippen molar-refractivity contribution in [3.63, 3.8) is 0 Å². The molecule has 4 rings (SSSR count). The van der Waals surface area contributed by atoms with Gasteiger partial charge in [-0.1, -0.05) is 25.3 Å². The first kappa shape index (κ1) is 34.3. The zero-order chi connectivity index (χ0) is 31.8. The van der Waals surface area contributed by atoms with E-state index in [1.54, 1.807) is 0 Å². The van der Waals surface area contributed by atoms with Crippen LogP contribution in [-0.4, -0.2) is 62.2 Å². The van der Waals surface area contributed by atoms with E-state index < -0.39 is 39.8 Å². The molecule has 0 aromatic heterocycles. The number of alkyl halides is 6. The third kappa shape index (κ3) is 10.5. The van der Waals surface area contributed by atoms with Crippen molar-refractivity contribution in [2.75, 3.05) is 25.0 Å². The Morgan fingerprint density at radius 2 is 1.53 bits per heavy atom. The number of carboxylic acids is 1. The second-order valence-corrected chi connectivity index (χ2v) is 12.3. The fraction of sp³-hybridized carbons (Fsp3) is 0.500. The molecule has 1 atom stereocenters. The Hall–Kier alpha value is -3.17. The average Bonchev–Trinajstić information content (AvgIpc) is 3.39. The quantitative estimate of drug-likeness (QED) is 0.310. The van der Waals surface area contributed by atoms with Crippen molar-refractivity contribution < 1.29 is 49.5 Å². The van der Waals surface area contributed by atoms with Gasteiger partial charge < -0.3 is 10.4 Å². The maximum Gasteiger partial charge on any atom is 0.490 e. The molecule has 0 bridgehead atoms. The van der Waals surface area contributed by atoms with Gasteiger partial charge in [0, 0.05) is 30.4 Å². The Balaban J connectivity index is 0.000000646. The number of likely N-dealkylation sites (tertiary alicyclic amines) is 1. The van der Waals surface area contributed by atoms with Gasteiger partial charge in [0.15, 0.2) is 0 Å². The van der Waals surface area contributed by atoms with Crippen molar-refractivity contribution in [2.45, 2.75) is 68.2 Å². The highest BCUT2D eigenvalue weighted by molar-refractivity contribution is 7.89. The predicted molar refractivity (Wildman–Crippen MR) is 146 cm³/mol. The number of hydrogen-bond acceptors (Lipinski definition) is 5. The lowest BCUT2D eigenvalue weighted by atomic mass is 9.89. The zero-order valence-corrected chi connectivity index (χ0v) is 23.9. The number of amides is 1. The Morgan fingerprint density at radius 3 is 2.12 bits per heavy atom. The van der Waals surface area contributed by atoms with Crippen LogP contribution in [-0.2, 0) is 21.0 Å². The summed E-state index contributed by atoms with van der Waals surface area (Å²) in [5, 5.41) is 9.54. The lowest BCUT2D eigenvalue weighted by Gasteiger charge is -2.31. The fourth-order valence-electron chi connectivity index (χ4n) is 5.12. The number of rotatable bonds is 8. The minimum Gasteiger partial charge on any atom is -0.475 e. The first-order valence-corrected chi connectivity index (χ1v) is 15.2. The number of sulfonamides is 1. The van der Waals surface area contributed by atoms with E-state index in [0.29, 0.717) is 12.5 Å². The number of nitrogens with one attached hydrogen (secondary N) is 2. The third-order valence-electron chi connectivity index (χ3n) is 7.34. The monoisotopic (exact) mass is 637 g/mol. The van der Waals surface area contributed by atoms with Gasteiger partial charge in [0.25, 0.3) is 5.91 Å². The summed E-state index contributed by atoms with van der Waals surface area (Å²) in [5.74, 6) is -2.69. The van der Waals surface area contributed by atoms with Crippen LogP contribution in [0.4, 0.5) is 32.0 Å². The van der Waals surface area contributed by atoms with Gasteiger partial charge in [-0.3, -0.25) is 9.69 Å². The van der Waals surface area contributed by atoms with Gasteiger partial charge in [-0.15, -0.1) is 0 Å². The maximum atomic E-state index is 12.9. The molecule has 1 amide bonds. The summed E-state index contributed by atoms with van der Waals surface area (Å²) in [6.07, 6.45) is -1.20. The minimum atomic E-state index is -5.08. The number of carboxylic acid groups (broad SMARTS) is 1. The van der Waals surface area contributed by atoms with Gasteiger partial charge in [0.1, 0.15) is 0 Å². The first-order valence-electron chi connectivity index (χ1n) is 13.7. The normalized spacial score (nSPS) is 18.5. The van der Waals surface area contributed by atoms with Crippen molar-refractivity contribution in [3.8, 4) is 0 Å². The number of aliphatic carboxylic acids is 1. The number of halogens is 6. The third-order valence-corrected chi connectivity index (χ3v) is 8.78. The van der Waals surface area contributed by atoms with Gasteiger partial charge in [-0.2, -0.15) is 26.3 Å². The Kier molecular flexibility index (Phi) is 11.6. The van der Waals surface area contributed by atoms with Crippen LogP contribution in [0, 0.1) is 5.92 Å². The van der Waals surface area contributed by atoms with Gasteiger partial charge in [0.2, 0.25) is 10.0 Å². The second-order valence-electron chi connectivity index (χ2n) is 10.5. The van der Waals surface area contributed by atoms with Gasteiger partial charge in [-0.05, 0) is 80.6 Å². The van der Waals surface area contributed by atoms with Crippen LogP contribution in [0.15, 0.2) is 53.4 Å². The molecule has 2 fully saturated rings. The van der Waals surface area contributed by atoms with E-state index in [-0.39, 0.29) is 22.2 Å². The van der Waals surface area contributed by atoms with E-state index in [1.165, 1.54) is 68.5 Å². The molecule has 2 aliphatic rings. The van der Waals surface area contributed by atoms with Crippen LogP contribution in [0.2, 0.25) is 0 Å². The molecular formula is C28H33F6N3O5S. The van der Waals surface area contributed by atoms with Gasteiger partial charge in [0.05, 0.1) is 10.5 Å². The lowest BCUT2D eigenvalue weighted by molar-refractivity contribution is -0.192. The zero-order valence-electron chi connectivity index (χ0n) is 23.0. The van der Waals surface area contributed by atoms with E-state index in [2.05, 4.69) is 14.9 Å². The number of nitrogens with zero attached hydrogens (tertiary/aromatic N) is 1. The summed E-state index contributed by atoms with van der Waals surface area (Å²) in [4.78, 5) is 23.8. The molecule has 1 unspecified atom stereocenters. The summed E-state index contributed by atoms with van der Waals surface area (Å²) in [5.41, 5.74) is -0.726. The van der Waals surface area contributed by atoms with E-state index in [1.807, 2.05) is 0 Å². The molecule has 0 radical (unpaired) electrons. The summed E-state index contributed by atoms with van der Waals surface area (Å²) in [6, 6.07) is 9.88. The molecule has 0 spiro atoms. The maximum absolute atomic E-state index is 12.9. The standard InChI is InChI=1S/C26H32F3N3O3S.C2HF3O2/c27-26(28,29)21-8-4-9-22(16-21)31-25(33)20-11-13-24(14-12-20)36(34,35)30-17-23-10-5-15-32(23)18-19-6-2-1-3-7-19;3-2(4,5)1(6)7/h4,8-9,11-14,16,19,23,30H,1-3,5-7,10,15,17-18H2,(H,31,33);(H,6,7). The van der Waals surface area contributed by atoms with Crippen LogP contribution < -0.4 is 10.0 Å². The van der Waals surface area contributed by atoms with Crippen LogP contribution in [0.25, 0.3) is 0 Å². The Labute approximate surface area is 245 Å². The largest absolute Gasteiger partial charge is 0.490 e. The number of carbonyl (C=O) groups excluding carboxylic acids is 1. The molecule has 1 aliphatic heterocycles. The van der Waals surface area contributed by atoms with E-state index >= 15 is 0 Å². The SMILES string of the molecule is O=C(Nc1cccc(C(F)(F)F)c1)c1ccc(S(=O)(=O)NCC2CCCN2CC2CCCCC2)cc1.O=C(O)C(F)(F)F. The molecule has 1 aliphatic carbocycles. The van der Waals surface area contributed by atoms with Crippen molar-refractivity contribution >= 4 is 27.6 Å². The second kappa shape index (κ2) is 14.5. The molecule has 2 aromatic carbocycles. The first-order chi connectivity index (χ1) is 20.1. The van der Waals surface area contributed by atoms with Crippen LogP contribution in [0.1, 0.15) is 60.9 Å². The number of carbonyl (C=O) groups is 2. The Morgan fingerprint density at radius 1 is 0.907 bits per heavy atom. The molecule has 1 saturated carbocycles. The van der Waals surface area contributed by atoms with E-state index in [4.69, 9.17) is 9.90 Å². The molecule has 1 saturated heterocycles. The van der Waals surface area contributed by atoms with Crippen LogP contribution in [0.5, 0.6) is 0 Å². The smallest absolute Gasteiger partial charge is 0.475 e. The number of hydrogen-bond donors (Lipinski definition) is 3. The highest BCUT2D eigenvalue weighted by Gasteiger charge is 2.38. The van der Waals surface area contributed by atoms with Crippen molar-refractivity contribution in [1.82, 2.24) is 9.62 Å². The average molecular weight is 638 g/mol. The highest BCUT2D eigenvalue weighted by atomic mass is 32.2. The van der Waals surface area contributed by atoms with Gasteiger partial charge >= 0.3 is 18.3 Å². The molecule has 2 aromatic rings. The predicted octanol–water partition coefficient (Wildman–Crippen LogP) is 5.91. The summed E-state index contributed by atoms with van der Waals surface area (Å²) >= 11 is 0. The number of anilines is 1. The molecule has 1 heterocycles. The van der Waals surface area contributed by atoms with Crippen molar-refractivity contribution in [1.29, 1.82) is 0 Å². The molecule has 3 N–H and O–H groups in total. The van der Waals surface area contributed by atoms with E-state index in [0.717, 1.165) is 38.1 Å². The fourth-order valence-corrected chi connectivity index (χ4v) is 6.19. The minimum absolute atomic E-state index is 0.00235. The molecule has 43 heavy (non-hydrogen) atoms. The van der Waals surface area contributed by atoms with Crippen LogP contribution in [0.3, 0.4) is 0 Å². The van der Waals surface area contributed by atoms with Crippen LogP contribution >= 0.6 is 0 Å². The number of benzene rings is 2. The van der Waals surface area contributed by atoms with Gasteiger partial charge in [-0.25, -0.2) is 17.9 Å². The topological polar surface area (TPSA) is 116 Å². The molecule has 238 valence electrons. The van der Waals surface area contributed by atoms with E-state index in [9.17, 15) is 39.6 Å². The summed E-state index contributed by atoms with van der Waals surface area (Å²) in [6.45, 7) is 2.37. The Bertz CT molecular complexity index is 1340. The summed E-state index contributed by atoms with van der Waals surface area (Å²) in [7, 11) is -3.76. The highest BCUT2D eigenvalue weighted by Crippen LogP contribution is 2.31. The lowest BCUT2D eigenvalue weighted by Crippen LogP contribution is -2.42. The van der Waals surface area contributed by atoms with Crippen molar-refractivity contribution in [2.24, 2.45) is 5.92 Å². The molecule has 8 nitrogen and oxygen atoms in total. The molecular weight excluding hydrogens is 604 g/mol. The summed E-state index contributed by atoms with van der Waals surface area (Å²) < 4.78 is 98.8. The van der Waals surface area contributed by atoms with Crippen molar-refractivity contribution in [3.05, 3.63) is 59.7 Å².